The van der Waals surface area contributed by atoms with Crippen molar-refractivity contribution >= 4 is 11.9 Å². The lowest BCUT2D eigenvalue weighted by Crippen LogP contribution is -2.48. The first kappa shape index (κ1) is 16.3. The highest BCUT2D eigenvalue weighted by Gasteiger charge is 2.39. The van der Waals surface area contributed by atoms with E-state index in [2.05, 4.69) is 10.2 Å². The Bertz CT molecular complexity index is 389. The minimum atomic E-state index is -0.746. The second-order valence-electron chi connectivity index (χ2n) is 7.15. The van der Waals surface area contributed by atoms with Crippen LogP contribution in [-0.4, -0.2) is 47.6 Å². The van der Waals surface area contributed by atoms with Gasteiger partial charge in [0.1, 0.15) is 0 Å². The molecule has 0 aromatic heterocycles. The molecule has 5 heteroatoms. The van der Waals surface area contributed by atoms with Crippen molar-refractivity contribution in [3.05, 3.63) is 0 Å². The molecule has 1 amide bonds. The Morgan fingerprint density at radius 2 is 1.86 bits per heavy atom. The van der Waals surface area contributed by atoms with E-state index in [1.807, 2.05) is 0 Å². The lowest BCUT2D eigenvalue weighted by atomic mass is 9.74. The number of nitrogens with one attached hydrogen (secondary N) is 1. The van der Waals surface area contributed by atoms with Crippen molar-refractivity contribution < 1.29 is 14.7 Å². The molecule has 1 unspecified atom stereocenters. The molecule has 0 aromatic rings. The molecular weight excluding hydrogens is 268 g/mol. The maximum Gasteiger partial charge on any atom is 0.309 e. The number of carboxylic acids is 1. The number of hydrogen-bond acceptors (Lipinski definition) is 3. The molecule has 120 valence electrons. The van der Waals surface area contributed by atoms with Crippen molar-refractivity contribution in [2.24, 2.45) is 11.3 Å². The van der Waals surface area contributed by atoms with Crippen LogP contribution in [-0.2, 0) is 9.59 Å². The number of piperidine rings is 1. The highest BCUT2D eigenvalue weighted by molar-refractivity contribution is 5.78. The molecule has 1 aliphatic heterocycles. The molecular formula is C16H28N2O3. The minimum absolute atomic E-state index is 0.0932. The third-order valence-electron chi connectivity index (χ3n) is 5.16. The number of rotatable bonds is 5. The van der Waals surface area contributed by atoms with Gasteiger partial charge in [-0.2, -0.15) is 0 Å². The van der Waals surface area contributed by atoms with E-state index in [4.69, 9.17) is 0 Å². The molecule has 1 saturated carbocycles. The summed E-state index contributed by atoms with van der Waals surface area (Å²) in [5.74, 6) is -0.538. The molecule has 1 heterocycles. The van der Waals surface area contributed by atoms with Crippen LogP contribution in [0.15, 0.2) is 0 Å². The highest BCUT2D eigenvalue weighted by atomic mass is 16.4. The lowest BCUT2D eigenvalue weighted by molar-refractivity contribution is -0.151. The van der Waals surface area contributed by atoms with Crippen molar-refractivity contribution in [1.82, 2.24) is 10.2 Å². The Labute approximate surface area is 127 Å². The molecule has 0 bridgehead atoms. The molecule has 0 radical (unpaired) electrons. The quantitative estimate of drug-likeness (QED) is 0.812. The summed E-state index contributed by atoms with van der Waals surface area (Å²) in [7, 11) is 0. The third kappa shape index (κ3) is 4.19. The van der Waals surface area contributed by atoms with E-state index in [0.717, 1.165) is 32.2 Å². The summed E-state index contributed by atoms with van der Waals surface area (Å²) in [4.78, 5) is 25.6. The molecule has 0 spiro atoms. The van der Waals surface area contributed by atoms with Gasteiger partial charge in [0, 0.05) is 12.6 Å². The Balaban J connectivity index is 1.83. The fraction of sp³-hybridized carbons (Fsp3) is 0.875. The topological polar surface area (TPSA) is 69.6 Å². The van der Waals surface area contributed by atoms with E-state index in [9.17, 15) is 14.7 Å². The Morgan fingerprint density at radius 1 is 1.19 bits per heavy atom. The molecule has 2 aliphatic rings. The van der Waals surface area contributed by atoms with Gasteiger partial charge in [0.2, 0.25) is 5.91 Å². The maximum atomic E-state index is 12.1. The van der Waals surface area contributed by atoms with Crippen LogP contribution in [0.5, 0.6) is 0 Å². The molecule has 21 heavy (non-hydrogen) atoms. The largest absolute Gasteiger partial charge is 0.481 e. The summed E-state index contributed by atoms with van der Waals surface area (Å²) >= 11 is 0. The monoisotopic (exact) mass is 296 g/mol. The van der Waals surface area contributed by atoms with Crippen LogP contribution < -0.4 is 5.32 Å². The molecule has 2 fully saturated rings. The standard InChI is InChI=1S/C16H28N2O3/c1-16(2,15(20)21)12-6-5-9-18(10-12)11-14(19)17-13-7-3-4-8-13/h12-13H,3-11H2,1-2H3,(H,17,19)(H,20,21). The van der Waals surface area contributed by atoms with E-state index in [1.165, 1.54) is 12.8 Å². The summed E-state index contributed by atoms with van der Waals surface area (Å²) in [5.41, 5.74) is -0.722. The normalized spacial score (nSPS) is 25.0. The van der Waals surface area contributed by atoms with E-state index in [-0.39, 0.29) is 11.8 Å². The van der Waals surface area contributed by atoms with Crippen molar-refractivity contribution in [2.75, 3.05) is 19.6 Å². The number of aliphatic carboxylic acids is 1. The van der Waals surface area contributed by atoms with E-state index in [0.29, 0.717) is 19.1 Å². The van der Waals surface area contributed by atoms with Gasteiger partial charge in [-0.3, -0.25) is 14.5 Å². The SMILES string of the molecule is CC(C)(C(=O)O)C1CCCN(CC(=O)NC2CCCC2)C1. The van der Waals surface area contributed by atoms with Gasteiger partial charge in [-0.1, -0.05) is 12.8 Å². The van der Waals surface area contributed by atoms with Crippen LogP contribution >= 0.6 is 0 Å². The van der Waals surface area contributed by atoms with Crippen LogP contribution in [0.2, 0.25) is 0 Å². The molecule has 5 nitrogen and oxygen atoms in total. The number of likely N-dealkylation sites (tertiary alicyclic amines) is 1. The fourth-order valence-corrected chi connectivity index (χ4v) is 3.51. The second kappa shape index (κ2) is 6.77. The summed E-state index contributed by atoms with van der Waals surface area (Å²) in [5, 5.41) is 12.5. The fourth-order valence-electron chi connectivity index (χ4n) is 3.51. The first-order valence-electron chi connectivity index (χ1n) is 8.14. The molecule has 2 N–H and O–H groups in total. The number of amides is 1. The predicted molar refractivity (Wildman–Crippen MR) is 81.0 cm³/mol. The maximum absolute atomic E-state index is 12.1. The predicted octanol–water partition coefficient (Wildman–Crippen LogP) is 1.87. The first-order chi connectivity index (χ1) is 9.89. The van der Waals surface area contributed by atoms with Gasteiger partial charge >= 0.3 is 5.97 Å². The van der Waals surface area contributed by atoms with Crippen LogP contribution in [0.25, 0.3) is 0 Å². The van der Waals surface area contributed by atoms with Gasteiger partial charge in [0.05, 0.1) is 12.0 Å². The van der Waals surface area contributed by atoms with Crippen molar-refractivity contribution in [2.45, 2.75) is 58.4 Å². The third-order valence-corrected chi connectivity index (χ3v) is 5.16. The van der Waals surface area contributed by atoms with Gasteiger partial charge in [-0.25, -0.2) is 0 Å². The van der Waals surface area contributed by atoms with Gasteiger partial charge in [0.15, 0.2) is 0 Å². The summed E-state index contributed by atoms with van der Waals surface area (Å²) in [6.45, 7) is 5.59. The van der Waals surface area contributed by atoms with E-state index in [1.54, 1.807) is 13.8 Å². The van der Waals surface area contributed by atoms with E-state index >= 15 is 0 Å². The van der Waals surface area contributed by atoms with Crippen molar-refractivity contribution in [3.8, 4) is 0 Å². The molecule has 1 atom stereocenters. The number of nitrogens with zero attached hydrogens (tertiary/aromatic N) is 1. The molecule has 1 aliphatic carbocycles. The lowest BCUT2D eigenvalue weighted by Gasteiger charge is -2.39. The van der Waals surface area contributed by atoms with Crippen LogP contribution in [0, 0.1) is 11.3 Å². The van der Waals surface area contributed by atoms with Gasteiger partial charge in [-0.05, 0) is 52.0 Å². The molecule has 1 saturated heterocycles. The Kier molecular flexibility index (Phi) is 5.25. The average molecular weight is 296 g/mol. The Morgan fingerprint density at radius 3 is 2.48 bits per heavy atom. The van der Waals surface area contributed by atoms with E-state index < -0.39 is 11.4 Å². The molecule has 0 aromatic carbocycles. The highest BCUT2D eigenvalue weighted by Crippen LogP contribution is 2.34. The zero-order valence-electron chi connectivity index (χ0n) is 13.2. The smallest absolute Gasteiger partial charge is 0.309 e. The van der Waals surface area contributed by atoms with Crippen LogP contribution in [0.3, 0.4) is 0 Å². The number of carbonyl (C=O) groups excluding carboxylic acids is 1. The van der Waals surface area contributed by atoms with Crippen LogP contribution in [0.1, 0.15) is 52.4 Å². The number of carbonyl (C=O) groups is 2. The van der Waals surface area contributed by atoms with Crippen molar-refractivity contribution in [3.63, 3.8) is 0 Å². The zero-order valence-corrected chi connectivity index (χ0v) is 13.2. The number of hydrogen-bond donors (Lipinski definition) is 2. The summed E-state index contributed by atoms with van der Waals surface area (Å²) in [6, 6.07) is 0.355. The van der Waals surface area contributed by atoms with Crippen LogP contribution in [0.4, 0.5) is 0 Å². The summed E-state index contributed by atoms with van der Waals surface area (Å²) < 4.78 is 0. The zero-order chi connectivity index (χ0) is 15.5. The van der Waals surface area contributed by atoms with Crippen molar-refractivity contribution in [1.29, 1.82) is 0 Å². The summed E-state index contributed by atoms with van der Waals surface area (Å²) in [6.07, 6.45) is 6.52. The Hall–Kier alpha value is -1.10. The van der Waals surface area contributed by atoms with Gasteiger partial charge in [0.25, 0.3) is 0 Å². The molecule has 2 rings (SSSR count). The number of carboxylic acid groups (broad SMARTS) is 1. The minimum Gasteiger partial charge on any atom is -0.481 e. The van der Waals surface area contributed by atoms with Gasteiger partial charge < -0.3 is 10.4 Å². The second-order valence-corrected chi connectivity index (χ2v) is 7.15. The average Bonchev–Trinajstić information content (AvgIpc) is 2.91. The first-order valence-corrected chi connectivity index (χ1v) is 8.14. The van der Waals surface area contributed by atoms with Gasteiger partial charge in [-0.15, -0.1) is 0 Å².